The summed E-state index contributed by atoms with van der Waals surface area (Å²) in [5.74, 6) is 0.806. The molecular weight excluding hydrogens is 300 g/mol. The van der Waals surface area contributed by atoms with E-state index in [1.54, 1.807) is 25.3 Å². The highest BCUT2D eigenvalue weighted by atomic mass is 16.5. The predicted molar refractivity (Wildman–Crippen MR) is 95.7 cm³/mol. The van der Waals surface area contributed by atoms with Crippen molar-refractivity contribution in [3.63, 3.8) is 0 Å². The fraction of sp³-hybridized carbons (Fsp3) is 0.300. The molecule has 0 bridgehead atoms. The van der Waals surface area contributed by atoms with Crippen molar-refractivity contribution < 1.29 is 9.53 Å². The number of ketones is 1. The minimum Gasteiger partial charge on any atom is -0.497 e. The van der Waals surface area contributed by atoms with Crippen LogP contribution < -0.4 is 10.1 Å². The Morgan fingerprint density at radius 2 is 1.88 bits per heavy atom. The number of nitriles is 1. The molecule has 0 atom stereocenters. The number of carbonyl (C=O) groups is 1. The molecule has 0 spiro atoms. The highest BCUT2D eigenvalue weighted by Gasteiger charge is 2.21. The van der Waals surface area contributed by atoms with E-state index in [2.05, 4.69) is 25.2 Å². The van der Waals surface area contributed by atoms with Crippen LogP contribution in [-0.2, 0) is 5.41 Å². The van der Waals surface area contributed by atoms with Crippen LogP contribution in [0.3, 0.4) is 0 Å². The van der Waals surface area contributed by atoms with E-state index in [9.17, 15) is 10.1 Å². The van der Waals surface area contributed by atoms with Crippen molar-refractivity contribution in [2.75, 3.05) is 19.0 Å². The molecule has 2 aromatic rings. The topological polar surface area (TPSA) is 62.1 Å². The molecule has 0 radical (unpaired) electrons. The Morgan fingerprint density at radius 1 is 1.21 bits per heavy atom. The summed E-state index contributed by atoms with van der Waals surface area (Å²) < 4.78 is 5.19. The van der Waals surface area contributed by atoms with Crippen LogP contribution in [0.5, 0.6) is 5.75 Å². The summed E-state index contributed by atoms with van der Waals surface area (Å²) in [4.78, 5) is 11.6. The molecule has 0 aromatic heterocycles. The lowest BCUT2D eigenvalue weighted by Crippen LogP contribution is -2.27. The summed E-state index contributed by atoms with van der Waals surface area (Å²) in [5.41, 5.74) is 2.83. The molecule has 0 unspecified atom stereocenters. The number of rotatable bonds is 6. The molecule has 0 saturated heterocycles. The fourth-order valence-corrected chi connectivity index (χ4v) is 2.47. The first-order valence-electron chi connectivity index (χ1n) is 7.81. The zero-order chi connectivity index (χ0) is 17.7. The molecule has 0 heterocycles. The Bertz CT molecular complexity index is 771. The van der Waals surface area contributed by atoms with Gasteiger partial charge >= 0.3 is 0 Å². The number of hydrogen-bond donors (Lipinski definition) is 1. The largest absolute Gasteiger partial charge is 0.497 e. The Kier molecular flexibility index (Phi) is 5.25. The normalized spacial score (nSPS) is 10.8. The monoisotopic (exact) mass is 322 g/mol. The molecule has 2 aromatic carbocycles. The van der Waals surface area contributed by atoms with Crippen molar-refractivity contribution in [2.45, 2.75) is 26.2 Å². The maximum absolute atomic E-state index is 11.6. The molecule has 4 heteroatoms. The quantitative estimate of drug-likeness (QED) is 0.811. The summed E-state index contributed by atoms with van der Waals surface area (Å²) in [5, 5.41) is 12.6. The van der Waals surface area contributed by atoms with Gasteiger partial charge in [-0.05, 0) is 42.8 Å². The number of nitrogens with one attached hydrogen (secondary N) is 1. The van der Waals surface area contributed by atoms with Gasteiger partial charge in [-0.25, -0.2) is 0 Å². The maximum Gasteiger partial charge on any atom is 0.159 e. The Morgan fingerprint density at radius 3 is 2.42 bits per heavy atom. The second kappa shape index (κ2) is 7.18. The third kappa shape index (κ3) is 3.94. The molecule has 1 N–H and O–H groups in total. The molecule has 0 aliphatic rings. The number of carbonyl (C=O) groups excluding carboxylic acids is 1. The average Bonchev–Trinajstić information content (AvgIpc) is 2.59. The van der Waals surface area contributed by atoms with Crippen molar-refractivity contribution >= 4 is 11.5 Å². The Balaban J connectivity index is 2.20. The summed E-state index contributed by atoms with van der Waals surface area (Å²) >= 11 is 0. The number of benzene rings is 2. The third-order valence-corrected chi connectivity index (χ3v) is 4.14. The predicted octanol–water partition coefficient (Wildman–Crippen LogP) is 4.16. The van der Waals surface area contributed by atoms with E-state index in [0.717, 1.165) is 11.3 Å². The van der Waals surface area contributed by atoms with Gasteiger partial charge in [0.1, 0.15) is 11.8 Å². The lowest BCUT2D eigenvalue weighted by Gasteiger charge is -2.27. The lowest BCUT2D eigenvalue weighted by molar-refractivity contribution is 0.101. The van der Waals surface area contributed by atoms with Gasteiger partial charge in [0, 0.05) is 17.5 Å². The maximum atomic E-state index is 11.6. The van der Waals surface area contributed by atoms with Crippen LogP contribution in [0.15, 0.2) is 42.5 Å². The van der Waals surface area contributed by atoms with Crippen molar-refractivity contribution in [3.8, 4) is 11.8 Å². The van der Waals surface area contributed by atoms with Gasteiger partial charge in [0.05, 0.1) is 18.4 Å². The minimum atomic E-state index is -0.148. The molecule has 0 fully saturated rings. The molecule has 24 heavy (non-hydrogen) atoms. The fourth-order valence-electron chi connectivity index (χ4n) is 2.47. The molecule has 124 valence electrons. The molecule has 2 rings (SSSR count). The van der Waals surface area contributed by atoms with Crippen molar-refractivity contribution in [1.82, 2.24) is 0 Å². The van der Waals surface area contributed by atoms with Gasteiger partial charge in [0.25, 0.3) is 0 Å². The molecule has 0 saturated carbocycles. The van der Waals surface area contributed by atoms with Gasteiger partial charge in [-0.15, -0.1) is 0 Å². The van der Waals surface area contributed by atoms with Crippen molar-refractivity contribution in [3.05, 3.63) is 59.2 Å². The first-order valence-corrected chi connectivity index (χ1v) is 7.81. The van der Waals surface area contributed by atoms with Crippen LogP contribution in [-0.4, -0.2) is 19.4 Å². The summed E-state index contributed by atoms with van der Waals surface area (Å²) in [6.07, 6.45) is 0. The zero-order valence-electron chi connectivity index (χ0n) is 14.5. The number of anilines is 1. The van der Waals surface area contributed by atoms with E-state index in [0.29, 0.717) is 23.4 Å². The summed E-state index contributed by atoms with van der Waals surface area (Å²) in [6, 6.07) is 15.2. The van der Waals surface area contributed by atoms with Crippen molar-refractivity contribution in [1.29, 1.82) is 5.26 Å². The SMILES string of the molecule is COc1ccc(C(C)(C)CNc2cc(C(C)=O)ccc2C#N)cc1. The average molecular weight is 322 g/mol. The van der Waals surface area contributed by atoms with Crippen molar-refractivity contribution in [2.24, 2.45) is 0 Å². The van der Waals surface area contributed by atoms with Gasteiger partial charge in [-0.1, -0.05) is 26.0 Å². The second-order valence-corrected chi connectivity index (χ2v) is 6.39. The number of hydrogen-bond acceptors (Lipinski definition) is 4. The number of ether oxygens (including phenoxy) is 1. The Labute approximate surface area is 143 Å². The number of Topliss-reactive ketones (excluding diaryl/α,β-unsaturated/α-hetero) is 1. The van der Waals surface area contributed by atoms with Crippen LogP contribution in [0.1, 0.15) is 42.3 Å². The Hall–Kier alpha value is -2.80. The van der Waals surface area contributed by atoms with Gasteiger partial charge in [0.2, 0.25) is 0 Å². The standard InChI is InChI=1S/C20H22N2O2/c1-14(23)15-5-6-16(12-21)19(11-15)22-13-20(2,3)17-7-9-18(24-4)10-8-17/h5-11,22H,13H2,1-4H3. The van der Waals surface area contributed by atoms with Crippen LogP contribution in [0.4, 0.5) is 5.69 Å². The number of nitrogens with zero attached hydrogens (tertiary/aromatic N) is 1. The zero-order valence-corrected chi connectivity index (χ0v) is 14.5. The van der Waals surface area contributed by atoms with E-state index in [1.807, 2.05) is 24.3 Å². The van der Waals surface area contributed by atoms with E-state index in [-0.39, 0.29) is 11.2 Å². The van der Waals surface area contributed by atoms with Crippen LogP contribution in [0.25, 0.3) is 0 Å². The van der Waals surface area contributed by atoms with E-state index >= 15 is 0 Å². The van der Waals surface area contributed by atoms with E-state index < -0.39 is 0 Å². The van der Waals surface area contributed by atoms with Crippen LogP contribution in [0, 0.1) is 11.3 Å². The van der Waals surface area contributed by atoms with Gasteiger partial charge in [-0.3, -0.25) is 4.79 Å². The van der Waals surface area contributed by atoms with E-state index in [4.69, 9.17) is 4.74 Å². The summed E-state index contributed by atoms with van der Waals surface area (Å²) in [7, 11) is 1.65. The van der Waals surface area contributed by atoms with Gasteiger partial charge in [0.15, 0.2) is 5.78 Å². The smallest absolute Gasteiger partial charge is 0.159 e. The highest BCUT2D eigenvalue weighted by molar-refractivity contribution is 5.95. The molecule has 0 aliphatic heterocycles. The molecule has 0 aliphatic carbocycles. The van der Waals surface area contributed by atoms with Crippen LogP contribution >= 0.6 is 0 Å². The molecule has 4 nitrogen and oxygen atoms in total. The summed E-state index contributed by atoms with van der Waals surface area (Å²) in [6.45, 7) is 6.41. The first-order chi connectivity index (χ1) is 11.4. The second-order valence-electron chi connectivity index (χ2n) is 6.39. The number of methoxy groups -OCH3 is 1. The lowest BCUT2D eigenvalue weighted by atomic mass is 9.84. The van der Waals surface area contributed by atoms with E-state index in [1.165, 1.54) is 6.92 Å². The third-order valence-electron chi connectivity index (χ3n) is 4.14. The van der Waals surface area contributed by atoms with Gasteiger partial charge < -0.3 is 10.1 Å². The first kappa shape index (κ1) is 17.6. The van der Waals surface area contributed by atoms with Crippen LogP contribution in [0.2, 0.25) is 0 Å². The molecular formula is C20H22N2O2. The molecule has 0 amide bonds. The minimum absolute atomic E-state index is 0.0167. The highest BCUT2D eigenvalue weighted by Crippen LogP contribution is 2.27. The van der Waals surface area contributed by atoms with Gasteiger partial charge in [-0.2, -0.15) is 5.26 Å².